The van der Waals surface area contributed by atoms with Crippen molar-refractivity contribution in [1.29, 1.82) is 0 Å². The van der Waals surface area contributed by atoms with E-state index in [1.807, 2.05) is 26.8 Å². The summed E-state index contributed by atoms with van der Waals surface area (Å²) in [7, 11) is 1.37. The Balaban J connectivity index is 1.88. The molecule has 1 aromatic rings. The average Bonchev–Trinajstić information content (AvgIpc) is 2.79. The molecular weight excluding hydrogens is 430 g/mol. The third kappa shape index (κ3) is 6.92. The number of hydrogen-bond acceptors (Lipinski definition) is 6. The van der Waals surface area contributed by atoms with Crippen LogP contribution in [0.1, 0.15) is 81.6 Å². The maximum Gasteiger partial charge on any atom is 0.337 e. The van der Waals surface area contributed by atoms with Crippen molar-refractivity contribution in [2.24, 2.45) is 4.99 Å². The normalized spacial score (nSPS) is 17.9. The first kappa shape index (κ1) is 25.5. The second-order valence-corrected chi connectivity index (χ2v) is 9.61. The van der Waals surface area contributed by atoms with Gasteiger partial charge in [-0.2, -0.15) is 0 Å². The van der Waals surface area contributed by atoms with Gasteiger partial charge in [0.2, 0.25) is 5.90 Å². The minimum absolute atomic E-state index is 0.224. The van der Waals surface area contributed by atoms with Crippen LogP contribution in [-0.2, 0) is 19.0 Å². The predicted molar refractivity (Wildman–Crippen MR) is 133 cm³/mol. The van der Waals surface area contributed by atoms with Gasteiger partial charge in [0.1, 0.15) is 5.60 Å². The number of carbonyl (C=O) groups is 2. The van der Waals surface area contributed by atoms with Crippen LogP contribution in [0, 0.1) is 0 Å². The summed E-state index contributed by atoms with van der Waals surface area (Å²) < 4.78 is 16.5. The molecule has 0 saturated carbocycles. The Bertz CT molecular complexity index is 1040. The Kier molecular flexibility index (Phi) is 8.48. The van der Waals surface area contributed by atoms with Crippen LogP contribution in [0.4, 0.5) is 5.69 Å². The number of fused-ring (bicyclic) bond motifs is 1. The minimum Gasteiger partial charge on any atom is -0.477 e. The fraction of sp³-hybridized carbons (Fsp3) is 0.464. The summed E-state index contributed by atoms with van der Waals surface area (Å²) in [5.41, 5.74) is 3.71. The lowest BCUT2D eigenvalue weighted by Gasteiger charge is -2.22. The predicted octanol–water partition coefficient (Wildman–Crippen LogP) is 6.35. The van der Waals surface area contributed by atoms with Crippen LogP contribution >= 0.6 is 0 Å². The molecule has 0 amide bonds. The van der Waals surface area contributed by atoms with Gasteiger partial charge in [-0.3, -0.25) is 4.79 Å². The molecule has 6 nitrogen and oxygen atoms in total. The van der Waals surface area contributed by atoms with Gasteiger partial charge in [-0.25, -0.2) is 9.79 Å². The smallest absolute Gasteiger partial charge is 0.337 e. The van der Waals surface area contributed by atoms with Crippen molar-refractivity contribution < 1.29 is 23.8 Å². The molecule has 1 aromatic carbocycles. The molecule has 6 heteroatoms. The molecule has 2 aliphatic rings. The van der Waals surface area contributed by atoms with Crippen molar-refractivity contribution in [3.05, 3.63) is 64.8 Å². The van der Waals surface area contributed by atoms with Crippen LogP contribution in [0.25, 0.3) is 0 Å². The summed E-state index contributed by atoms with van der Waals surface area (Å²) in [4.78, 5) is 29.1. The van der Waals surface area contributed by atoms with E-state index in [2.05, 4.69) is 31.2 Å². The molecule has 0 spiro atoms. The molecule has 0 N–H and O–H groups in total. The van der Waals surface area contributed by atoms with Crippen LogP contribution in [0.3, 0.4) is 0 Å². The van der Waals surface area contributed by atoms with Gasteiger partial charge in [0.15, 0.2) is 0 Å². The SMILES string of the molecule is COC(=O)c1ccc2c(c1)N=C(OCCCC(=O)OC(C)(C)C)C(C1=CCCC=C1)=CCC2C. The lowest BCUT2D eigenvalue weighted by molar-refractivity contribution is -0.155. The third-order valence-electron chi connectivity index (χ3n) is 5.60. The maximum atomic E-state index is 12.1. The summed E-state index contributed by atoms with van der Waals surface area (Å²) in [6.07, 6.45) is 12.2. The Hall–Kier alpha value is -3.15. The van der Waals surface area contributed by atoms with E-state index in [0.717, 1.165) is 36.0 Å². The highest BCUT2D eigenvalue weighted by Gasteiger charge is 2.22. The van der Waals surface area contributed by atoms with Gasteiger partial charge in [0.25, 0.3) is 0 Å². The van der Waals surface area contributed by atoms with E-state index in [1.165, 1.54) is 7.11 Å². The summed E-state index contributed by atoms with van der Waals surface area (Å²) in [6.45, 7) is 8.04. The Morgan fingerprint density at radius 1 is 1.15 bits per heavy atom. The van der Waals surface area contributed by atoms with Gasteiger partial charge >= 0.3 is 11.9 Å². The molecule has 0 radical (unpaired) electrons. The summed E-state index contributed by atoms with van der Waals surface area (Å²) in [6, 6.07) is 5.47. The lowest BCUT2D eigenvalue weighted by Crippen LogP contribution is -2.24. The number of hydrogen-bond donors (Lipinski definition) is 0. The molecule has 1 unspecified atom stereocenters. The maximum absolute atomic E-state index is 12.1. The van der Waals surface area contributed by atoms with E-state index in [9.17, 15) is 9.59 Å². The standard InChI is InChI=1S/C28H35NO5/c1-19-13-15-23(20-10-7-6-8-11-20)26(33-17-9-12-25(30)34-28(2,3)4)29-24-18-21(27(31)32-5)14-16-22(19)24/h7,10-11,14-16,18-19H,6,8-9,12-13,17H2,1-5H3. The number of benzene rings is 1. The molecule has 1 heterocycles. The first-order valence-electron chi connectivity index (χ1n) is 11.9. The van der Waals surface area contributed by atoms with Crippen molar-refractivity contribution >= 4 is 23.5 Å². The number of ether oxygens (including phenoxy) is 3. The molecule has 182 valence electrons. The highest BCUT2D eigenvalue weighted by molar-refractivity contribution is 6.01. The van der Waals surface area contributed by atoms with Crippen molar-refractivity contribution in [3.63, 3.8) is 0 Å². The number of esters is 2. The second-order valence-electron chi connectivity index (χ2n) is 9.61. The zero-order valence-corrected chi connectivity index (χ0v) is 20.8. The topological polar surface area (TPSA) is 74.2 Å². The first-order valence-corrected chi connectivity index (χ1v) is 11.9. The summed E-state index contributed by atoms with van der Waals surface area (Å²) in [5, 5.41) is 0. The van der Waals surface area contributed by atoms with E-state index < -0.39 is 11.6 Å². The molecule has 34 heavy (non-hydrogen) atoms. The molecule has 0 bridgehead atoms. The van der Waals surface area contributed by atoms with Crippen molar-refractivity contribution in [1.82, 2.24) is 0 Å². The van der Waals surface area contributed by atoms with Crippen LogP contribution in [-0.4, -0.2) is 37.2 Å². The number of allylic oxidation sites excluding steroid dienone is 4. The zero-order valence-electron chi connectivity index (χ0n) is 20.8. The van der Waals surface area contributed by atoms with E-state index in [4.69, 9.17) is 19.2 Å². The van der Waals surface area contributed by atoms with E-state index in [0.29, 0.717) is 30.2 Å². The molecule has 0 saturated heterocycles. The Labute approximate surface area is 202 Å². The number of nitrogens with zero attached hydrogens (tertiary/aromatic N) is 1. The van der Waals surface area contributed by atoms with Gasteiger partial charge in [0, 0.05) is 12.0 Å². The number of carbonyl (C=O) groups excluding carboxylic acids is 2. The van der Waals surface area contributed by atoms with Crippen LogP contribution in [0.15, 0.2) is 58.6 Å². The Morgan fingerprint density at radius 3 is 2.62 bits per heavy atom. The molecule has 1 aliphatic heterocycles. The average molecular weight is 466 g/mol. The summed E-state index contributed by atoms with van der Waals surface area (Å²) >= 11 is 0. The number of rotatable bonds is 6. The lowest BCUT2D eigenvalue weighted by atomic mass is 9.90. The highest BCUT2D eigenvalue weighted by Crippen LogP contribution is 2.35. The zero-order chi connectivity index (χ0) is 24.7. The monoisotopic (exact) mass is 465 g/mol. The Morgan fingerprint density at radius 2 is 1.94 bits per heavy atom. The molecular formula is C28H35NO5. The fourth-order valence-corrected chi connectivity index (χ4v) is 3.92. The largest absolute Gasteiger partial charge is 0.477 e. The van der Waals surface area contributed by atoms with Crippen LogP contribution < -0.4 is 0 Å². The van der Waals surface area contributed by atoms with Gasteiger partial charge < -0.3 is 14.2 Å². The van der Waals surface area contributed by atoms with Gasteiger partial charge in [-0.1, -0.05) is 37.3 Å². The minimum atomic E-state index is -0.505. The fourth-order valence-electron chi connectivity index (χ4n) is 3.92. The van der Waals surface area contributed by atoms with Crippen molar-refractivity contribution in [3.8, 4) is 0 Å². The van der Waals surface area contributed by atoms with Gasteiger partial charge in [-0.05, 0) is 75.6 Å². The van der Waals surface area contributed by atoms with E-state index >= 15 is 0 Å². The van der Waals surface area contributed by atoms with Crippen molar-refractivity contribution in [2.75, 3.05) is 13.7 Å². The van der Waals surface area contributed by atoms with E-state index in [-0.39, 0.29) is 18.3 Å². The van der Waals surface area contributed by atoms with Crippen molar-refractivity contribution in [2.45, 2.75) is 71.3 Å². The number of methoxy groups -OCH3 is 1. The van der Waals surface area contributed by atoms with Gasteiger partial charge in [0.05, 0.1) is 25.0 Å². The van der Waals surface area contributed by atoms with E-state index in [1.54, 1.807) is 12.1 Å². The second kappa shape index (κ2) is 11.3. The molecule has 0 aromatic heterocycles. The molecule has 1 aliphatic carbocycles. The van der Waals surface area contributed by atoms with Gasteiger partial charge in [-0.15, -0.1) is 0 Å². The first-order chi connectivity index (χ1) is 16.2. The molecule has 3 rings (SSSR count). The quantitative estimate of drug-likeness (QED) is 0.361. The molecule has 1 atom stereocenters. The number of aliphatic imine (C=N–C) groups is 1. The third-order valence-corrected chi connectivity index (χ3v) is 5.60. The summed E-state index contributed by atoms with van der Waals surface area (Å²) in [5.74, 6) is 0.0759. The van der Waals surface area contributed by atoms with Crippen LogP contribution in [0.2, 0.25) is 0 Å². The highest BCUT2D eigenvalue weighted by atomic mass is 16.6. The van der Waals surface area contributed by atoms with Crippen LogP contribution in [0.5, 0.6) is 0 Å². The molecule has 0 fully saturated rings.